The van der Waals surface area contributed by atoms with E-state index < -0.39 is 0 Å². The van der Waals surface area contributed by atoms with Gasteiger partial charge >= 0.3 is 0 Å². The van der Waals surface area contributed by atoms with E-state index >= 15 is 0 Å². The summed E-state index contributed by atoms with van der Waals surface area (Å²) in [6, 6.07) is 1.46. The third kappa shape index (κ3) is 5.27. The van der Waals surface area contributed by atoms with Crippen molar-refractivity contribution in [3.8, 4) is 0 Å². The van der Waals surface area contributed by atoms with E-state index in [4.69, 9.17) is 0 Å². The Kier molecular flexibility index (Phi) is 7.25. The number of nitrogens with one attached hydrogen (secondary N) is 1. The van der Waals surface area contributed by atoms with Crippen LogP contribution in [0.4, 0.5) is 0 Å². The Morgan fingerprint density at radius 3 is 2.44 bits per heavy atom. The van der Waals surface area contributed by atoms with Gasteiger partial charge in [0, 0.05) is 25.2 Å². The number of piperidine rings is 1. The lowest BCUT2D eigenvalue weighted by atomic mass is 9.90. The molecule has 2 nitrogen and oxygen atoms in total. The topological polar surface area (TPSA) is 15.3 Å². The van der Waals surface area contributed by atoms with Gasteiger partial charge in [-0.2, -0.15) is 0 Å². The van der Waals surface area contributed by atoms with Crippen LogP contribution in [0.1, 0.15) is 60.3 Å². The first-order valence-electron chi connectivity index (χ1n) is 8.04. The molecule has 0 aliphatic carbocycles. The van der Waals surface area contributed by atoms with Gasteiger partial charge in [0.1, 0.15) is 0 Å². The van der Waals surface area contributed by atoms with Gasteiger partial charge in [-0.3, -0.25) is 4.90 Å². The molecule has 18 heavy (non-hydrogen) atoms. The van der Waals surface area contributed by atoms with E-state index in [1.807, 2.05) is 0 Å². The maximum Gasteiger partial charge on any atom is 0.0198 e. The molecule has 0 amide bonds. The van der Waals surface area contributed by atoms with Crippen LogP contribution in [0.2, 0.25) is 0 Å². The highest BCUT2D eigenvalue weighted by Gasteiger charge is 2.27. The quantitative estimate of drug-likeness (QED) is 0.748. The predicted octanol–water partition coefficient (Wildman–Crippen LogP) is 3.52. The first kappa shape index (κ1) is 16.0. The van der Waals surface area contributed by atoms with Gasteiger partial charge in [-0.25, -0.2) is 0 Å². The van der Waals surface area contributed by atoms with Gasteiger partial charge in [0.05, 0.1) is 0 Å². The molecule has 0 aromatic heterocycles. The van der Waals surface area contributed by atoms with E-state index in [-0.39, 0.29) is 0 Å². The zero-order valence-corrected chi connectivity index (χ0v) is 13.2. The number of hydrogen-bond acceptors (Lipinski definition) is 2. The lowest BCUT2D eigenvalue weighted by Gasteiger charge is -2.41. The molecule has 1 aliphatic heterocycles. The molecule has 1 rings (SSSR count). The van der Waals surface area contributed by atoms with Crippen molar-refractivity contribution < 1.29 is 0 Å². The molecule has 3 unspecified atom stereocenters. The second-order valence-corrected chi connectivity index (χ2v) is 6.55. The van der Waals surface area contributed by atoms with E-state index in [1.165, 1.54) is 45.3 Å². The molecule has 3 atom stereocenters. The van der Waals surface area contributed by atoms with E-state index in [0.717, 1.165) is 23.9 Å². The van der Waals surface area contributed by atoms with Crippen molar-refractivity contribution >= 4 is 0 Å². The number of likely N-dealkylation sites (tertiary alicyclic amines) is 1. The largest absolute Gasteiger partial charge is 0.313 e. The number of hydrogen-bond donors (Lipinski definition) is 1. The van der Waals surface area contributed by atoms with Gasteiger partial charge in [0.15, 0.2) is 0 Å². The van der Waals surface area contributed by atoms with Crippen molar-refractivity contribution in [1.82, 2.24) is 10.2 Å². The van der Waals surface area contributed by atoms with Crippen LogP contribution in [-0.4, -0.2) is 36.6 Å². The van der Waals surface area contributed by atoms with Gasteiger partial charge in [0.2, 0.25) is 0 Å². The second-order valence-electron chi connectivity index (χ2n) is 6.55. The zero-order valence-electron chi connectivity index (χ0n) is 13.2. The summed E-state index contributed by atoms with van der Waals surface area (Å²) in [6.45, 7) is 15.4. The van der Waals surface area contributed by atoms with Crippen LogP contribution >= 0.6 is 0 Å². The Bertz CT molecular complexity index is 215. The average Bonchev–Trinajstić information content (AvgIpc) is 2.36. The fraction of sp³-hybridized carbons (Fsp3) is 1.00. The van der Waals surface area contributed by atoms with Gasteiger partial charge < -0.3 is 5.32 Å². The lowest BCUT2D eigenvalue weighted by Crippen LogP contribution is -2.52. The van der Waals surface area contributed by atoms with E-state index in [9.17, 15) is 0 Å². The smallest absolute Gasteiger partial charge is 0.0198 e. The van der Waals surface area contributed by atoms with Gasteiger partial charge in [-0.1, -0.05) is 34.1 Å². The molecular formula is C16H34N2. The van der Waals surface area contributed by atoms with Crippen LogP contribution in [0.25, 0.3) is 0 Å². The molecule has 1 fully saturated rings. The average molecular weight is 254 g/mol. The maximum atomic E-state index is 3.78. The minimum atomic E-state index is 0.719. The molecule has 1 heterocycles. The summed E-state index contributed by atoms with van der Waals surface area (Å²) in [5.41, 5.74) is 0. The van der Waals surface area contributed by atoms with Crippen molar-refractivity contribution in [2.24, 2.45) is 11.8 Å². The summed E-state index contributed by atoms with van der Waals surface area (Å²) < 4.78 is 0. The molecule has 0 aromatic rings. The highest BCUT2D eigenvalue weighted by atomic mass is 15.2. The normalized spacial score (nSPS) is 27.7. The third-order valence-corrected chi connectivity index (χ3v) is 4.51. The predicted molar refractivity (Wildman–Crippen MR) is 81.0 cm³/mol. The Morgan fingerprint density at radius 2 is 1.89 bits per heavy atom. The highest BCUT2D eigenvalue weighted by molar-refractivity contribution is 4.85. The first-order valence-corrected chi connectivity index (χ1v) is 8.04. The van der Waals surface area contributed by atoms with Crippen LogP contribution < -0.4 is 5.32 Å². The zero-order chi connectivity index (χ0) is 13.5. The molecule has 108 valence electrons. The lowest BCUT2D eigenvalue weighted by molar-refractivity contribution is 0.100. The fourth-order valence-electron chi connectivity index (χ4n) is 2.88. The van der Waals surface area contributed by atoms with E-state index in [2.05, 4.69) is 44.8 Å². The molecule has 2 heteroatoms. The van der Waals surface area contributed by atoms with Crippen molar-refractivity contribution in [3.63, 3.8) is 0 Å². The molecule has 0 saturated carbocycles. The van der Waals surface area contributed by atoms with Gasteiger partial charge in [-0.05, 0) is 44.6 Å². The minimum Gasteiger partial charge on any atom is -0.313 e. The second kappa shape index (κ2) is 8.16. The first-order chi connectivity index (χ1) is 8.56. The van der Waals surface area contributed by atoms with Crippen LogP contribution in [0, 0.1) is 11.8 Å². The number of nitrogens with zero attached hydrogens (tertiary/aromatic N) is 1. The van der Waals surface area contributed by atoms with Crippen LogP contribution in [0.5, 0.6) is 0 Å². The summed E-state index contributed by atoms with van der Waals surface area (Å²) in [4.78, 5) is 2.70. The van der Waals surface area contributed by atoms with E-state index in [1.54, 1.807) is 0 Å². The van der Waals surface area contributed by atoms with Crippen molar-refractivity contribution in [1.29, 1.82) is 0 Å². The monoisotopic (exact) mass is 254 g/mol. The summed E-state index contributed by atoms with van der Waals surface area (Å²) in [6.07, 6.45) is 5.28. The van der Waals surface area contributed by atoms with Gasteiger partial charge in [0.25, 0.3) is 0 Å². The fourth-order valence-corrected chi connectivity index (χ4v) is 2.88. The molecule has 1 aliphatic rings. The van der Waals surface area contributed by atoms with Crippen molar-refractivity contribution in [3.05, 3.63) is 0 Å². The van der Waals surface area contributed by atoms with E-state index in [0.29, 0.717) is 0 Å². The molecule has 0 aromatic carbocycles. The van der Waals surface area contributed by atoms with Crippen LogP contribution in [-0.2, 0) is 0 Å². The molecule has 0 spiro atoms. The number of rotatable bonds is 7. The van der Waals surface area contributed by atoms with Crippen LogP contribution in [0.15, 0.2) is 0 Å². The summed E-state index contributed by atoms with van der Waals surface area (Å²) in [5, 5.41) is 3.78. The minimum absolute atomic E-state index is 0.719. The SMILES string of the molecule is CCC1CC(NCCC(C)C)CN(C(C)CC)C1. The molecule has 1 N–H and O–H groups in total. The molecule has 1 saturated heterocycles. The third-order valence-electron chi connectivity index (χ3n) is 4.51. The Morgan fingerprint density at radius 1 is 1.17 bits per heavy atom. The molecule has 0 radical (unpaired) electrons. The summed E-state index contributed by atoms with van der Waals surface area (Å²) in [5.74, 6) is 1.71. The van der Waals surface area contributed by atoms with Crippen molar-refractivity contribution in [2.75, 3.05) is 19.6 Å². The molecule has 0 bridgehead atoms. The Labute approximate surface area is 115 Å². The summed E-state index contributed by atoms with van der Waals surface area (Å²) >= 11 is 0. The highest BCUT2D eigenvalue weighted by Crippen LogP contribution is 2.22. The summed E-state index contributed by atoms with van der Waals surface area (Å²) in [7, 11) is 0. The maximum absolute atomic E-state index is 3.78. The standard InChI is InChI=1S/C16H34N2/c1-6-14(5)18-11-15(7-2)10-16(12-18)17-9-8-13(3)4/h13-17H,6-12H2,1-5H3. The Hall–Kier alpha value is -0.0800. The Balaban J connectivity index is 2.41. The van der Waals surface area contributed by atoms with Crippen LogP contribution in [0.3, 0.4) is 0 Å². The van der Waals surface area contributed by atoms with Crippen molar-refractivity contribution in [2.45, 2.75) is 72.4 Å². The van der Waals surface area contributed by atoms with Gasteiger partial charge in [-0.15, -0.1) is 0 Å². The molecular weight excluding hydrogens is 220 g/mol.